The number of aromatic nitrogens is 3. The number of H-pyrrole nitrogens is 1. The molecule has 0 bridgehead atoms. The number of hydrogen-bond donors (Lipinski definition) is 5. The van der Waals surface area contributed by atoms with Crippen LogP contribution in [0, 0.1) is 6.92 Å². The van der Waals surface area contributed by atoms with Crippen molar-refractivity contribution in [1.29, 1.82) is 0 Å². The van der Waals surface area contributed by atoms with Gasteiger partial charge in [-0.2, -0.15) is 4.72 Å². The Hall–Kier alpha value is -3.51. The maximum atomic E-state index is 13.1. The Morgan fingerprint density at radius 3 is 2.78 bits per heavy atom. The standard InChI is InChI=1S/C20H24N6O5S/c1-13-10-14-4-2-6-16(18(14)24-11-13)32(30,31)26-15(19(29)25-12-17(27)28)5-3-7-21-20-22-8-9-23-20/h2,4,6,8-11,15,26H,3,5,7,12H2,1H3,(H,25,29)(H,27,28)(H2,21,22,23)/t15-/m0/s1. The summed E-state index contributed by atoms with van der Waals surface area (Å²) in [7, 11) is -4.12. The predicted molar refractivity (Wildman–Crippen MR) is 118 cm³/mol. The second-order valence-corrected chi connectivity index (χ2v) is 8.82. The number of hydrogen-bond acceptors (Lipinski definition) is 7. The SMILES string of the molecule is Cc1cnc2c(S(=O)(=O)N[C@@H](CCCNc3ncc[nH]3)C(=O)NCC(=O)O)cccc2c1. The summed E-state index contributed by atoms with van der Waals surface area (Å²) in [4.78, 5) is 34.4. The van der Waals surface area contributed by atoms with Crippen LogP contribution >= 0.6 is 0 Å². The van der Waals surface area contributed by atoms with Gasteiger partial charge in [0.05, 0.1) is 5.52 Å². The monoisotopic (exact) mass is 460 g/mol. The van der Waals surface area contributed by atoms with Crippen LogP contribution in [0.2, 0.25) is 0 Å². The zero-order valence-electron chi connectivity index (χ0n) is 17.3. The summed E-state index contributed by atoms with van der Waals surface area (Å²) in [5, 5.41) is 14.7. The summed E-state index contributed by atoms with van der Waals surface area (Å²) in [5.74, 6) is -1.40. The second-order valence-electron chi connectivity index (χ2n) is 7.13. The number of carboxylic acid groups (broad SMARTS) is 1. The molecule has 1 aromatic carbocycles. The van der Waals surface area contributed by atoms with Gasteiger partial charge in [-0.15, -0.1) is 0 Å². The largest absolute Gasteiger partial charge is 0.480 e. The van der Waals surface area contributed by atoms with Crippen molar-refractivity contribution < 1.29 is 23.1 Å². The third-order valence-corrected chi connectivity index (χ3v) is 6.09. The van der Waals surface area contributed by atoms with Crippen LogP contribution in [0.5, 0.6) is 0 Å². The molecule has 3 aromatic rings. The van der Waals surface area contributed by atoms with Crippen LogP contribution in [-0.2, 0) is 19.6 Å². The first-order chi connectivity index (χ1) is 15.3. The first kappa shape index (κ1) is 23.2. The number of fused-ring (bicyclic) bond motifs is 1. The van der Waals surface area contributed by atoms with E-state index in [0.29, 0.717) is 24.3 Å². The maximum Gasteiger partial charge on any atom is 0.322 e. The lowest BCUT2D eigenvalue weighted by Crippen LogP contribution is -2.48. The molecule has 5 N–H and O–H groups in total. The minimum absolute atomic E-state index is 0.0558. The molecule has 0 spiro atoms. The molecule has 1 atom stereocenters. The number of carbonyl (C=O) groups is 2. The molecule has 0 aliphatic carbocycles. The second kappa shape index (κ2) is 10.2. The molecular formula is C20H24N6O5S. The third kappa shape index (κ3) is 6.02. The number of amides is 1. The highest BCUT2D eigenvalue weighted by molar-refractivity contribution is 7.89. The summed E-state index contributed by atoms with van der Waals surface area (Å²) in [6, 6.07) is 5.42. The molecule has 0 radical (unpaired) electrons. The number of benzene rings is 1. The highest BCUT2D eigenvalue weighted by atomic mass is 32.2. The van der Waals surface area contributed by atoms with Gasteiger partial charge in [0.2, 0.25) is 15.9 Å². The van der Waals surface area contributed by atoms with Gasteiger partial charge < -0.3 is 20.7 Å². The molecule has 32 heavy (non-hydrogen) atoms. The van der Waals surface area contributed by atoms with Crippen molar-refractivity contribution in [3.8, 4) is 0 Å². The Kier molecular flexibility index (Phi) is 7.38. The molecule has 0 aliphatic heterocycles. The number of pyridine rings is 1. The van der Waals surface area contributed by atoms with E-state index in [4.69, 9.17) is 5.11 Å². The number of imidazole rings is 1. The average Bonchev–Trinajstić information content (AvgIpc) is 3.27. The number of carbonyl (C=O) groups excluding carboxylic acids is 1. The number of rotatable bonds is 11. The summed E-state index contributed by atoms with van der Waals surface area (Å²) >= 11 is 0. The van der Waals surface area contributed by atoms with E-state index in [2.05, 4.69) is 30.3 Å². The van der Waals surface area contributed by atoms with Crippen LogP contribution in [0.25, 0.3) is 10.9 Å². The van der Waals surface area contributed by atoms with Gasteiger partial charge in [0, 0.05) is 30.5 Å². The number of aromatic amines is 1. The van der Waals surface area contributed by atoms with E-state index >= 15 is 0 Å². The molecule has 0 unspecified atom stereocenters. The van der Waals surface area contributed by atoms with Crippen molar-refractivity contribution in [2.45, 2.75) is 30.7 Å². The molecule has 11 nitrogen and oxygen atoms in total. The Morgan fingerprint density at radius 2 is 2.06 bits per heavy atom. The van der Waals surface area contributed by atoms with Crippen molar-refractivity contribution in [3.63, 3.8) is 0 Å². The van der Waals surface area contributed by atoms with Crippen molar-refractivity contribution >= 4 is 38.8 Å². The van der Waals surface area contributed by atoms with Crippen LogP contribution in [0.15, 0.2) is 47.8 Å². The van der Waals surface area contributed by atoms with Crippen molar-refractivity contribution in [3.05, 3.63) is 48.4 Å². The van der Waals surface area contributed by atoms with Gasteiger partial charge in [-0.3, -0.25) is 14.6 Å². The number of para-hydroxylation sites is 1. The van der Waals surface area contributed by atoms with Crippen molar-refractivity contribution in [1.82, 2.24) is 25.0 Å². The first-order valence-electron chi connectivity index (χ1n) is 9.87. The van der Waals surface area contributed by atoms with E-state index in [1.165, 1.54) is 6.07 Å². The lowest BCUT2D eigenvalue weighted by molar-refractivity contribution is -0.138. The van der Waals surface area contributed by atoms with Gasteiger partial charge in [-0.05, 0) is 37.5 Å². The van der Waals surface area contributed by atoms with E-state index in [0.717, 1.165) is 5.56 Å². The fourth-order valence-electron chi connectivity index (χ4n) is 3.11. The molecule has 1 amide bonds. The summed E-state index contributed by atoms with van der Waals surface area (Å²) in [6.45, 7) is 1.66. The first-order valence-corrected chi connectivity index (χ1v) is 11.3. The van der Waals surface area contributed by atoms with Gasteiger partial charge >= 0.3 is 5.97 Å². The van der Waals surface area contributed by atoms with E-state index in [9.17, 15) is 18.0 Å². The maximum absolute atomic E-state index is 13.1. The van der Waals surface area contributed by atoms with Crippen LogP contribution in [0.1, 0.15) is 18.4 Å². The highest BCUT2D eigenvalue weighted by Crippen LogP contribution is 2.22. The smallest absolute Gasteiger partial charge is 0.322 e. The Bertz CT molecular complexity index is 1200. The fraction of sp³-hybridized carbons (Fsp3) is 0.300. The Labute approximate surface area is 184 Å². The van der Waals surface area contributed by atoms with Gasteiger partial charge in [0.15, 0.2) is 5.95 Å². The van der Waals surface area contributed by atoms with Gasteiger partial charge in [0.1, 0.15) is 17.5 Å². The lowest BCUT2D eigenvalue weighted by atomic mass is 10.1. The zero-order chi connectivity index (χ0) is 23.1. The minimum Gasteiger partial charge on any atom is -0.480 e. The van der Waals surface area contributed by atoms with Gasteiger partial charge in [0.25, 0.3) is 0 Å². The number of carboxylic acids is 1. The number of nitrogens with one attached hydrogen (secondary N) is 4. The Balaban J connectivity index is 1.77. The fourth-order valence-corrected chi connectivity index (χ4v) is 4.52. The average molecular weight is 461 g/mol. The molecule has 0 fully saturated rings. The van der Waals surface area contributed by atoms with E-state index < -0.39 is 34.5 Å². The van der Waals surface area contributed by atoms with Crippen LogP contribution < -0.4 is 15.4 Å². The lowest BCUT2D eigenvalue weighted by Gasteiger charge is -2.19. The van der Waals surface area contributed by atoms with Gasteiger partial charge in [-0.25, -0.2) is 13.4 Å². The summed E-state index contributed by atoms with van der Waals surface area (Å²) in [5.41, 5.74) is 1.17. The van der Waals surface area contributed by atoms with Crippen LogP contribution in [0.4, 0.5) is 5.95 Å². The number of sulfonamides is 1. The van der Waals surface area contributed by atoms with Crippen molar-refractivity contribution in [2.75, 3.05) is 18.4 Å². The molecular weight excluding hydrogens is 436 g/mol. The highest BCUT2D eigenvalue weighted by Gasteiger charge is 2.27. The van der Waals surface area contributed by atoms with E-state index in [1.54, 1.807) is 30.7 Å². The predicted octanol–water partition coefficient (Wildman–Crippen LogP) is 1.01. The summed E-state index contributed by atoms with van der Waals surface area (Å²) < 4.78 is 28.7. The van der Waals surface area contributed by atoms with Gasteiger partial charge in [-0.1, -0.05) is 12.1 Å². The van der Waals surface area contributed by atoms with Crippen LogP contribution in [-0.4, -0.2) is 59.5 Å². The van der Waals surface area contributed by atoms with E-state index in [1.807, 2.05) is 13.0 Å². The molecule has 2 heterocycles. The number of anilines is 1. The van der Waals surface area contributed by atoms with E-state index in [-0.39, 0.29) is 16.8 Å². The minimum atomic E-state index is -4.12. The molecule has 170 valence electrons. The van der Waals surface area contributed by atoms with Crippen molar-refractivity contribution in [2.24, 2.45) is 0 Å². The molecule has 0 saturated carbocycles. The normalized spacial score (nSPS) is 12.4. The third-order valence-electron chi connectivity index (χ3n) is 4.59. The zero-order valence-corrected chi connectivity index (χ0v) is 18.1. The molecule has 2 aromatic heterocycles. The molecule has 12 heteroatoms. The number of aryl methyl sites for hydroxylation is 1. The number of nitrogens with zero attached hydrogens (tertiary/aromatic N) is 2. The molecule has 3 rings (SSSR count). The quantitative estimate of drug-likeness (QED) is 0.264. The summed E-state index contributed by atoms with van der Waals surface area (Å²) in [6.07, 6.45) is 5.35. The van der Waals surface area contributed by atoms with Crippen LogP contribution in [0.3, 0.4) is 0 Å². The Morgan fingerprint density at radius 1 is 1.25 bits per heavy atom. The number of aliphatic carboxylic acids is 1. The topological polar surface area (TPSA) is 166 Å². The molecule has 0 saturated heterocycles. The molecule has 0 aliphatic rings.